The monoisotopic (exact) mass is 269 g/mol. The van der Waals surface area contributed by atoms with Crippen molar-refractivity contribution in [2.45, 2.75) is 58.1 Å². The highest BCUT2D eigenvalue weighted by Crippen LogP contribution is 2.19. The molecular formula is C14H23NO2S. The van der Waals surface area contributed by atoms with Gasteiger partial charge in [0.1, 0.15) is 6.04 Å². The molecule has 4 heteroatoms. The lowest BCUT2D eigenvalue weighted by Gasteiger charge is -2.16. The first kappa shape index (κ1) is 15.2. The van der Waals surface area contributed by atoms with E-state index in [9.17, 15) is 4.79 Å². The first-order chi connectivity index (χ1) is 8.65. The van der Waals surface area contributed by atoms with Gasteiger partial charge in [-0.15, -0.1) is 11.3 Å². The topological polar surface area (TPSA) is 52.3 Å². The van der Waals surface area contributed by atoms with Crippen molar-refractivity contribution in [3.8, 4) is 0 Å². The van der Waals surface area contributed by atoms with Crippen molar-refractivity contribution in [2.24, 2.45) is 5.73 Å². The molecule has 0 radical (unpaired) electrons. The zero-order valence-corrected chi connectivity index (χ0v) is 12.0. The minimum Gasteiger partial charge on any atom is -0.461 e. The predicted octanol–water partition coefficient (Wildman–Crippen LogP) is 3.65. The summed E-state index contributed by atoms with van der Waals surface area (Å²) in [7, 11) is 0. The number of thiophene rings is 1. The molecule has 0 aliphatic rings. The Balaban J connectivity index is 2.26. The molecule has 3 nitrogen and oxygen atoms in total. The number of nitrogens with two attached hydrogens (primary N) is 1. The maximum Gasteiger partial charge on any atom is 0.328 e. The molecule has 0 aliphatic carbocycles. The van der Waals surface area contributed by atoms with Gasteiger partial charge in [-0.1, -0.05) is 32.3 Å². The smallest absolute Gasteiger partial charge is 0.328 e. The molecule has 0 saturated heterocycles. The maximum absolute atomic E-state index is 11.8. The Labute approximate surface area is 113 Å². The van der Waals surface area contributed by atoms with E-state index >= 15 is 0 Å². The molecule has 1 aromatic rings. The minimum atomic E-state index is -0.636. The molecule has 18 heavy (non-hydrogen) atoms. The first-order valence-electron chi connectivity index (χ1n) is 6.64. The zero-order chi connectivity index (χ0) is 13.4. The van der Waals surface area contributed by atoms with Gasteiger partial charge in [0.15, 0.2) is 0 Å². The van der Waals surface area contributed by atoms with Gasteiger partial charge < -0.3 is 10.5 Å². The number of hydrogen-bond donors (Lipinski definition) is 1. The number of unbranched alkanes of at least 4 members (excludes halogenated alkanes) is 3. The normalized spacial score (nSPS) is 14.2. The van der Waals surface area contributed by atoms with E-state index in [1.165, 1.54) is 30.6 Å². The first-order valence-corrected chi connectivity index (χ1v) is 7.52. The van der Waals surface area contributed by atoms with Crippen LogP contribution in [-0.2, 0) is 9.53 Å². The molecule has 1 rings (SSSR count). The van der Waals surface area contributed by atoms with Crippen LogP contribution in [-0.4, -0.2) is 12.1 Å². The second-order valence-electron chi connectivity index (χ2n) is 4.59. The minimum absolute atomic E-state index is 0.0413. The standard InChI is InChI=1S/C14H23NO2S/c1-3-4-5-6-8-11(2)17-14(16)13(15)12-9-7-10-18-12/h7,9-11,13H,3-6,8,15H2,1-2H3. The van der Waals surface area contributed by atoms with Crippen molar-refractivity contribution in [1.82, 2.24) is 0 Å². The van der Waals surface area contributed by atoms with Crippen LogP contribution in [0.2, 0.25) is 0 Å². The van der Waals surface area contributed by atoms with E-state index in [2.05, 4.69) is 6.92 Å². The lowest BCUT2D eigenvalue weighted by atomic mass is 10.1. The summed E-state index contributed by atoms with van der Waals surface area (Å²) in [5, 5.41) is 1.91. The number of ether oxygens (including phenoxy) is 1. The summed E-state index contributed by atoms with van der Waals surface area (Å²) in [6.07, 6.45) is 5.65. The van der Waals surface area contributed by atoms with Crippen LogP contribution in [0.15, 0.2) is 17.5 Å². The fourth-order valence-electron chi connectivity index (χ4n) is 1.77. The van der Waals surface area contributed by atoms with Crippen molar-refractivity contribution < 1.29 is 9.53 Å². The van der Waals surface area contributed by atoms with Crippen LogP contribution in [0.1, 0.15) is 56.9 Å². The summed E-state index contributed by atoms with van der Waals surface area (Å²) in [6.45, 7) is 4.12. The number of rotatable bonds is 8. The van der Waals surface area contributed by atoms with Gasteiger partial charge >= 0.3 is 5.97 Å². The van der Waals surface area contributed by atoms with Crippen molar-refractivity contribution in [1.29, 1.82) is 0 Å². The van der Waals surface area contributed by atoms with Gasteiger partial charge in [0.2, 0.25) is 0 Å². The lowest BCUT2D eigenvalue weighted by molar-refractivity contribution is -0.150. The van der Waals surface area contributed by atoms with Gasteiger partial charge in [-0.2, -0.15) is 0 Å². The quantitative estimate of drug-likeness (QED) is 0.579. The Morgan fingerprint density at radius 3 is 2.83 bits per heavy atom. The summed E-state index contributed by atoms with van der Waals surface area (Å²) in [4.78, 5) is 12.7. The Morgan fingerprint density at radius 1 is 1.44 bits per heavy atom. The third-order valence-electron chi connectivity index (χ3n) is 2.89. The molecule has 1 heterocycles. The van der Waals surface area contributed by atoms with Crippen LogP contribution < -0.4 is 5.73 Å². The van der Waals surface area contributed by atoms with Crippen molar-refractivity contribution in [2.75, 3.05) is 0 Å². The number of carbonyl (C=O) groups is 1. The number of carbonyl (C=O) groups excluding carboxylic acids is 1. The molecule has 2 atom stereocenters. The van der Waals surface area contributed by atoms with Gasteiger partial charge in [-0.25, -0.2) is 4.79 Å². The van der Waals surface area contributed by atoms with E-state index < -0.39 is 6.04 Å². The van der Waals surface area contributed by atoms with E-state index in [1.807, 2.05) is 24.4 Å². The van der Waals surface area contributed by atoms with Gasteiger partial charge in [-0.3, -0.25) is 0 Å². The molecular weight excluding hydrogens is 246 g/mol. The van der Waals surface area contributed by atoms with E-state index in [1.54, 1.807) is 0 Å². The molecule has 2 unspecified atom stereocenters. The van der Waals surface area contributed by atoms with Crippen LogP contribution in [0.4, 0.5) is 0 Å². The Bertz CT molecular complexity index is 338. The van der Waals surface area contributed by atoms with Crippen molar-refractivity contribution in [3.63, 3.8) is 0 Å². The second-order valence-corrected chi connectivity index (χ2v) is 5.57. The lowest BCUT2D eigenvalue weighted by Crippen LogP contribution is -2.26. The Morgan fingerprint density at radius 2 is 2.22 bits per heavy atom. The molecule has 102 valence electrons. The largest absolute Gasteiger partial charge is 0.461 e. The van der Waals surface area contributed by atoms with Gasteiger partial charge in [-0.05, 0) is 31.2 Å². The van der Waals surface area contributed by atoms with Crippen LogP contribution in [0, 0.1) is 0 Å². The molecule has 1 aromatic heterocycles. The van der Waals surface area contributed by atoms with Crippen molar-refractivity contribution in [3.05, 3.63) is 22.4 Å². The van der Waals surface area contributed by atoms with E-state index in [-0.39, 0.29) is 12.1 Å². The second kappa shape index (κ2) is 8.27. The fourth-order valence-corrected chi connectivity index (χ4v) is 2.49. The molecule has 2 N–H and O–H groups in total. The Hall–Kier alpha value is -0.870. The third-order valence-corrected chi connectivity index (χ3v) is 3.84. The highest BCUT2D eigenvalue weighted by atomic mass is 32.1. The average Bonchev–Trinajstić information content (AvgIpc) is 2.87. The fraction of sp³-hybridized carbons (Fsp3) is 0.643. The van der Waals surface area contributed by atoms with Crippen LogP contribution in [0.25, 0.3) is 0 Å². The molecule has 0 bridgehead atoms. The maximum atomic E-state index is 11.8. The van der Waals surface area contributed by atoms with Crippen LogP contribution in [0.5, 0.6) is 0 Å². The number of hydrogen-bond acceptors (Lipinski definition) is 4. The van der Waals surface area contributed by atoms with E-state index in [4.69, 9.17) is 10.5 Å². The highest BCUT2D eigenvalue weighted by Gasteiger charge is 2.20. The summed E-state index contributed by atoms with van der Waals surface area (Å²) in [5.41, 5.74) is 5.84. The molecule has 0 spiro atoms. The summed E-state index contributed by atoms with van der Waals surface area (Å²) < 4.78 is 5.36. The van der Waals surface area contributed by atoms with Gasteiger partial charge in [0.05, 0.1) is 6.10 Å². The summed E-state index contributed by atoms with van der Waals surface area (Å²) in [5.74, 6) is -0.319. The number of esters is 1. The molecule has 0 aliphatic heterocycles. The van der Waals surface area contributed by atoms with E-state index in [0.29, 0.717) is 0 Å². The molecule has 0 fully saturated rings. The van der Waals surface area contributed by atoms with E-state index in [0.717, 1.165) is 17.7 Å². The zero-order valence-electron chi connectivity index (χ0n) is 11.2. The summed E-state index contributed by atoms with van der Waals surface area (Å²) >= 11 is 1.49. The average molecular weight is 269 g/mol. The SMILES string of the molecule is CCCCCCC(C)OC(=O)C(N)c1cccs1. The Kier molecular flexibility index (Phi) is 6.98. The predicted molar refractivity (Wildman–Crippen MR) is 75.6 cm³/mol. The third kappa shape index (κ3) is 5.19. The molecule has 0 amide bonds. The van der Waals surface area contributed by atoms with Crippen LogP contribution in [0.3, 0.4) is 0 Å². The van der Waals surface area contributed by atoms with Gasteiger partial charge in [0, 0.05) is 4.88 Å². The van der Waals surface area contributed by atoms with Gasteiger partial charge in [0.25, 0.3) is 0 Å². The van der Waals surface area contributed by atoms with Crippen molar-refractivity contribution >= 4 is 17.3 Å². The highest BCUT2D eigenvalue weighted by molar-refractivity contribution is 7.10. The molecule has 0 saturated carbocycles. The molecule has 0 aromatic carbocycles. The van der Waals surface area contributed by atoms with Crippen LogP contribution >= 0.6 is 11.3 Å². The summed E-state index contributed by atoms with van der Waals surface area (Å²) in [6, 6.07) is 3.12.